The summed E-state index contributed by atoms with van der Waals surface area (Å²) in [6.07, 6.45) is 0. The van der Waals surface area contributed by atoms with Gasteiger partial charge in [-0.3, -0.25) is 0 Å². The van der Waals surface area contributed by atoms with Gasteiger partial charge >= 0.3 is 0 Å². The van der Waals surface area contributed by atoms with E-state index in [-0.39, 0.29) is 5.92 Å². The fraction of sp³-hybridized carbons (Fsp3) is 0.0233. The molecule has 2 aromatic heterocycles. The molecule has 2 heteroatoms. The van der Waals surface area contributed by atoms with Gasteiger partial charge in [-0.15, -0.1) is 0 Å². The number of hydrogen-bond acceptors (Lipinski definition) is 1. The highest BCUT2D eigenvalue weighted by Gasteiger charge is 2.30. The molecule has 10 rings (SSSR count). The number of aromatic nitrogens is 1. The molecule has 9 aromatic rings. The Bertz CT molecular complexity index is 2550. The van der Waals surface area contributed by atoms with Crippen LogP contribution in [-0.4, -0.2) is 4.57 Å². The Balaban J connectivity index is 1.17. The number of nitrogens with zero attached hydrogens (tertiary/aromatic N) is 1. The Hall–Kier alpha value is -5.86. The quantitative estimate of drug-likeness (QED) is 0.206. The summed E-state index contributed by atoms with van der Waals surface area (Å²) < 4.78 is 9.06. The minimum atomic E-state index is 0.163. The van der Waals surface area contributed by atoms with Gasteiger partial charge in [0.25, 0.3) is 0 Å². The first kappa shape index (κ1) is 24.6. The Morgan fingerprint density at radius 1 is 0.444 bits per heavy atom. The molecule has 0 saturated carbocycles. The average Bonchev–Trinajstić information content (AvgIpc) is 3.76. The van der Waals surface area contributed by atoms with Gasteiger partial charge in [0.1, 0.15) is 5.58 Å². The van der Waals surface area contributed by atoms with Crippen LogP contribution in [0.5, 0.6) is 0 Å². The van der Waals surface area contributed by atoms with Gasteiger partial charge in [0, 0.05) is 27.5 Å². The van der Waals surface area contributed by atoms with Gasteiger partial charge in [-0.1, -0.05) is 121 Å². The van der Waals surface area contributed by atoms with Crippen LogP contribution in [0.3, 0.4) is 0 Å². The second-order valence-corrected chi connectivity index (χ2v) is 12.1. The molecule has 1 aliphatic rings. The highest BCUT2D eigenvalue weighted by atomic mass is 16.3. The molecule has 1 aliphatic carbocycles. The zero-order valence-corrected chi connectivity index (χ0v) is 24.4. The maximum absolute atomic E-state index is 6.71. The second-order valence-electron chi connectivity index (χ2n) is 12.1. The molecule has 0 aliphatic heterocycles. The van der Waals surface area contributed by atoms with Crippen molar-refractivity contribution in [1.82, 2.24) is 4.57 Å². The third-order valence-corrected chi connectivity index (χ3v) is 9.69. The first-order chi connectivity index (χ1) is 22.3. The molecule has 2 nitrogen and oxygen atoms in total. The van der Waals surface area contributed by atoms with Crippen molar-refractivity contribution in [2.75, 3.05) is 0 Å². The number of benzene rings is 7. The molecule has 45 heavy (non-hydrogen) atoms. The van der Waals surface area contributed by atoms with Crippen molar-refractivity contribution in [2.24, 2.45) is 0 Å². The summed E-state index contributed by atoms with van der Waals surface area (Å²) in [5.74, 6) is 0.163. The summed E-state index contributed by atoms with van der Waals surface area (Å²) in [5.41, 5.74) is 14.4. The van der Waals surface area contributed by atoms with Gasteiger partial charge in [0.15, 0.2) is 5.58 Å². The van der Waals surface area contributed by atoms with E-state index >= 15 is 0 Å². The van der Waals surface area contributed by atoms with Crippen LogP contribution in [0.4, 0.5) is 0 Å². The van der Waals surface area contributed by atoms with Gasteiger partial charge < -0.3 is 8.98 Å². The fourth-order valence-corrected chi connectivity index (χ4v) is 7.71. The summed E-state index contributed by atoms with van der Waals surface area (Å²) in [4.78, 5) is 0. The van der Waals surface area contributed by atoms with E-state index in [0.717, 1.165) is 27.6 Å². The number of furan rings is 1. The third-order valence-electron chi connectivity index (χ3n) is 9.69. The van der Waals surface area contributed by atoms with Crippen molar-refractivity contribution in [3.8, 4) is 27.9 Å². The molecule has 1 unspecified atom stereocenters. The van der Waals surface area contributed by atoms with E-state index in [4.69, 9.17) is 4.42 Å². The summed E-state index contributed by atoms with van der Waals surface area (Å²) in [5, 5.41) is 4.78. The number of fused-ring (bicyclic) bond motifs is 9. The highest BCUT2D eigenvalue weighted by Crippen LogP contribution is 2.50. The van der Waals surface area contributed by atoms with Crippen molar-refractivity contribution in [2.45, 2.75) is 5.92 Å². The second kappa shape index (κ2) is 9.32. The van der Waals surface area contributed by atoms with E-state index < -0.39 is 0 Å². The molecule has 0 bridgehead atoms. The maximum Gasteiger partial charge on any atom is 0.159 e. The van der Waals surface area contributed by atoms with Crippen molar-refractivity contribution >= 4 is 43.7 Å². The largest absolute Gasteiger partial charge is 0.454 e. The normalized spacial score (nSPS) is 14.0. The molecule has 0 amide bonds. The van der Waals surface area contributed by atoms with Crippen LogP contribution in [0, 0.1) is 0 Å². The Morgan fingerprint density at radius 2 is 1.13 bits per heavy atom. The predicted molar refractivity (Wildman–Crippen MR) is 186 cm³/mol. The zero-order valence-electron chi connectivity index (χ0n) is 24.4. The summed E-state index contributed by atoms with van der Waals surface area (Å²) in [6.45, 7) is 0. The Kier molecular flexibility index (Phi) is 5.09. The van der Waals surface area contributed by atoms with Gasteiger partial charge in [0.2, 0.25) is 0 Å². The molecule has 0 radical (unpaired) electrons. The molecule has 7 aromatic carbocycles. The first-order valence-electron chi connectivity index (χ1n) is 15.6. The van der Waals surface area contributed by atoms with Crippen molar-refractivity contribution < 1.29 is 4.42 Å². The Morgan fingerprint density at radius 3 is 1.96 bits per heavy atom. The zero-order chi connectivity index (χ0) is 29.5. The van der Waals surface area contributed by atoms with Gasteiger partial charge in [0.05, 0.1) is 16.7 Å². The number of hydrogen-bond donors (Lipinski definition) is 0. The lowest BCUT2D eigenvalue weighted by molar-refractivity contribution is 0.666. The predicted octanol–water partition coefficient (Wildman–Crippen LogP) is 11.5. The lowest BCUT2D eigenvalue weighted by Crippen LogP contribution is -1.99. The lowest BCUT2D eigenvalue weighted by Gasteiger charge is -2.15. The minimum Gasteiger partial charge on any atom is -0.454 e. The monoisotopic (exact) mass is 573 g/mol. The molecule has 210 valence electrons. The molecule has 2 heterocycles. The average molecular weight is 574 g/mol. The number of para-hydroxylation sites is 3. The van der Waals surface area contributed by atoms with E-state index in [1.807, 2.05) is 0 Å². The molecular weight excluding hydrogens is 546 g/mol. The van der Waals surface area contributed by atoms with E-state index in [0.29, 0.717) is 0 Å². The maximum atomic E-state index is 6.71. The lowest BCUT2D eigenvalue weighted by atomic mass is 9.88. The molecule has 1 atom stereocenters. The topological polar surface area (TPSA) is 18.1 Å². The smallest absolute Gasteiger partial charge is 0.159 e. The van der Waals surface area contributed by atoms with Crippen LogP contribution in [0.1, 0.15) is 22.6 Å². The molecular formula is C43H27NO. The van der Waals surface area contributed by atoms with Crippen molar-refractivity contribution in [3.63, 3.8) is 0 Å². The van der Waals surface area contributed by atoms with Crippen LogP contribution >= 0.6 is 0 Å². The van der Waals surface area contributed by atoms with Crippen LogP contribution in [0.25, 0.3) is 71.7 Å². The molecule has 0 fully saturated rings. The van der Waals surface area contributed by atoms with Crippen molar-refractivity contribution in [3.05, 3.63) is 174 Å². The van der Waals surface area contributed by atoms with E-state index in [2.05, 4.69) is 162 Å². The fourth-order valence-electron chi connectivity index (χ4n) is 7.71. The van der Waals surface area contributed by atoms with Gasteiger partial charge in [-0.2, -0.15) is 0 Å². The van der Waals surface area contributed by atoms with Gasteiger partial charge in [-0.05, 0) is 75.3 Å². The molecule has 0 saturated heterocycles. The summed E-state index contributed by atoms with van der Waals surface area (Å²) in [6, 6.07) is 57.1. The minimum absolute atomic E-state index is 0.163. The standard InChI is InChI=1S/C43H27NO/c1-2-11-27(12-3-1)28-21-23-34-36(25-28)30-13-4-5-16-33(30)42(34)29-22-24-41-37(26-29)35-17-10-20-40(43(35)45-41)44-38-18-8-6-14-31(38)32-15-7-9-19-39(32)44/h1-26,42H. The Labute approximate surface area is 260 Å². The summed E-state index contributed by atoms with van der Waals surface area (Å²) >= 11 is 0. The van der Waals surface area contributed by atoms with E-state index in [1.54, 1.807) is 0 Å². The van der Waals surface area contributed by atoms with Crippen molar-refractivity contribution in [1.29, 1.82) is 0 Å². The van der Waals surface area contributed by atoms with E-state index in [9.17, 15) is 0 Å². The number of rotatable bonds is 3. The first-order valence-corrected chi connectivity index (χ1v) is 15.6. The van der Waals surface area contributed by atoms with Crippen LogP contribution in [0.2, 0.25) is 0 Å². The van der Waals surface area contributed by atoms with E-state index in [1.165, 1.54) is 60.8 Å². The van der Waals surface area contributed by atoms with Gasteiger partial charge in [-0.25, -0.2) is 0 Å². The molecule has 0 N–H and O–H groups in total. The van der Waals surface area contributed by atoms with Crippen LogP contribution < -0.4 is 0 Å². The van der Waals surface area contributed by atoms with Crippen LogP contribution in [-0.2, 0) is 0 Å². The van der Waals surface area contributed by atoms with Crippen LogP contribution in [0.15, 0.2) is 162 Å². The SMILES string of the molecule is c1ccc(-c2ccc3c(c2)-c2ccccc2C3c2ccc3oc4c(-n5c6ccccc6c6ccccc65)cccc4c3c2)cc1. The molecule has 0 spiro atoms. The third kappa shape index (κ3) is 3.51. The summed E-state index contributed by atoms with van der Waals surface area (Å²) in [7, 11) is 0. The highest BCUT2D eigenvalue weighted by molar-refractivity contribution is 6.12.